The van der Waals surface area contributed by atoms with Gasteiger partial charge in [-0.2, -0.15) is 5.10 Å². The number of hydrogen-bond donors (Lipinski definition) is 2. The molecule has 0 aliphatic carbocycles. The van der Waals surface area contributed by atoms with Crippen LogP contribution in [0.3, 0.4) is 0 Å². The Hall–Kier alpha value is -2.29. The maximum absolute atomic E-state index is 5.70. The van der Waals surface area contributed by atoms with Crippen molar-refractivity contribution in [1.29, 1.82) is 0 Å². The Labute approximate surface area is 130 Å². The first-order chi connectivity index (χ1) is 10.1. The van der Waals surface area contributed by atoms with Crippen LogP contribution in [0.5, 0.6) is 11.5 Å². The van der Waals surface area contributed by atoms with Gasteiger partial charge in [-0.05, 0) is 35.0 Å². The predicted octanol–water partition coefficient (Wildman–Crippen LogP) is 1.53. The summed E-state index contributed by atoms with van der Waals surface area (Å²) >= 11 is 3.44. The van der Waals surface area contributed by atoms with Crippen LogP contribution < -0.4 is 20.7 Å². The van der Waals surface area contributed by atoms with Crippen LogP contribution in [0, 0.1) is 6.92 Å². The van der Waals surface area contributed by atoms with Gasteiger partial charge in [-0.1, -0.05) is 0 Å². The first-order valence-corrected chi connectivity index (χ1v) is 6.73. The Bertz CT molecular complexity index is 670. The smallest absolute Gasteiger partial charge is 0.263 e. The molecule has 1 heterocycles. The number of nitrogens with two attached hydrogens (primary N) is 1. The number of hydrogen-bond acceptors (Lipinski definition) is 7. The highest BCUT2D eigenvalue weighted by Crippen LogP contribution is 2.32. The van der Waals surface area contributed by atoms with Gasteiger partial charge in [0.25, 0.3) is 5.95 Å². The largest absolute Gasteiger partial charge is 0.493 e. The number of ether oxygens (including phenoxy) is 2. The molecule has 112 valence electrons. The van der Waals surface area contributed by atoms with Crippen LogP contribution in [0.2, 0.25) is 0 Å². The maximum Gasteiger partial charge on any atom is 0.263 e. The molecule has 0 bridgehead atoms. The minimum Gasteiger partial charge on any atom is -0.493 e. The first kappa shape index (κ1) is 15.1. The molecule has 1 aromatic heterocycles. The van der Waals surface area contributed by atoms with Crippen molar-refractivity contribution in [3.05, 3.63) is 28.0 Å². The van der Waals surface area contributed by atoms with Crippen molar-refractivity contribution in [3.8, 4) is 11.5 Å². The van der Waals surface area contributed by atoms with Gasteiger partial charge in [0, 0.05) is 10.0 Å². The Balaban J connectivity index is 2.19. The third kappa shape index (κ3) is 3.24. The average Bonchev–Trinajstić information content (AvgIpc) is 2.80. The molecular weight excluding hydrogens is 340 g/mol. The minimum absolute atomic E-state index is 0.348. The fourth-order valence-electron chi connectivity index (χ4n) is 1.57. The SMILES string of the molecule is COc1cc(Br)c(/C=N/Nc2nnc(C)n2N)cc1OC. The Morgan fingerprint density at radius 2 is 1.95 bits per heavy atom. The number of benzene rings is 1. The molecule has 0 aliphatic heterocycles. The zero-order chi connectivity index (χ0) is 15.4. The third-order valence-corrected chi connectivity index (χ3v) is 3.42. The Morgan fingerprint density at radius 1 is 1.29 bits per heavy atom. The summed E-state index contributed by atoms with van der Waals surface area (Å²) in [6.07, 6.45) is 1.61. The molecule has 0 fully saturated rings. The molecule has 0 radical (unpaired) electrons. The number of anilines is 1. The molecule has 8 nitrogen and oxygen atoms in total. The second-order valence-corrected chi connectivity index (χ2v) is 4.89. The number of aromatic nitrogens is 3. The van der Waals surface area contributed by atoms with E-state index in [9.17, 15) is 0 Å². The molecule has 0 spiro atoms. The topological polar surface area (TPSA) is 99.6 Å². The highest BCUT2D eigenvalue weighted by molar-refractivity contribution is 9.10. The van der Waals surface area contributed by atoms with Crippen molar-refractivity contribution in [2.45, 2.75) is 6.92 Å². The van der Waals surface area contributed by atoms with E-state index < -0.39 is 0 Å². The molecule has 9 heteroatoms. The van der Waals surface area contributed by atoms with E-state index in [2.05, 4.69) is 36.7 Å². The summed E-state index contributed by atoms with van der Waals surface area (Å²) in [5.41, 5.74) is 3.52. The summed E-state index contributed by atoms with van der Waals surface area (Å²) in [6.45, 7) is 1.74. The first-order valence-electron chi connectivity index (χ1n) is 5.94. The lowest BCUT2D eigenvalue weighted by molar-refractivity contribution is 0.354. The van der Waals surface area contributed by atoms with Crippen LogP contribution in [-0.2, 0) is 0 Å². The molecule has 2 aromatic rings. The monoisotopic (exact) mass is 354 g/mol. The third-order valence-electron chi connectivity index (χ3n) is 2.74. The molecule has 3 N–H and O–H groups in total. The molecule has 0 saturated carbocycles. The highest BCUT2D eigenvalue weighted by Gasteiger charge is 2.08. The van der Waals surface area contributed by atoms with Crippen molar-refractivity contribution in [1.82, 2.24) is 14.9 Å². The van der Waals surface area contributed by atoms with Gasteiger partial charge in [0.1, 0.15) is 0 Å². The Morgan fingerprint density at radius 3 is 2.52 bits per heavy atom. The lowest BCUT2D eigenvalue weighted by Crippen LogP contribution is -2.13. The van der Waals surface area contributed by atoms with Crippen LogP contribution in [-0.4, -0.2) is 35.3 Å². The molecule has 0 atom stereocenters. The van der Waals surface area contributed by atoms with Crippen molar-refractivity contribution in [2.75, 3.05) is 25.5 Å². The van der Waals surface area contributed by atoms with Crippen LogP contribution in [0.4, 0.5) is 5.95 Å². The summed E-state index contributed by atoms with van der Waals surface area (Å²) in [5.74, 6) is 7.88. The highest BCUT2D eigenvalue weighted by atomic mass is 79.9. The normalized spacial score (nSPS) is 10.9. The second kappa shape index (κ2) is 6.44. The molecule has 0 aliphatic rings. The second-order valence-electron chi connectivity index (χ2n) is 4.04. The van der Waals surface area contributed by atoms with Gasteiger partial charge in [-0.25, -0.2) is 10.1 Å². The minimum atomic E-state index is 0.348. The van der Waals surface area contributed by atoms with E-state index in [0.717, 1.165) is 10.0 Å². The maximum atomic E-state index is 5.70. The van der Waals surface area contributed by atoms with Crippen LogP contribution in [0.1, 0.15) is 11.4 Å². The summed E-state index contributed by atoms with van der Waals surface area (Å²) in [4.78, 5) is 0. The van der Waals surface area contributed by atoms with Gasteiger partial charge in [0.2, 0.25) is 0 Å². The average molecular weight is 355 g/mol. The number of methoxy groups -OCH3 is 2. The molecule has 1 aromatic carbocycles. The zero-order valence-corrected chi connectivity index (χ0v) is 13.4. The van der Waals surface area contributed by atoms with E-state index in [1.54, 1.807) is 39.5 Å². The number of nitrogens with one attached hydrogen (secondary N) is 1. The standard InChI is InChI=1S/C12H15BrN6O2/c1-7-16-18-12(19(7)14)17-15-6-8-4-10(20-2)11(21-3)5-9(8)13/h4-6H,14H2,1-3H3,(H,17,18)/b15-6+. The summed E-state index contributed by atoms with van der Waals surface area (Å²) in [7, 11) is 3.15. The molecule has 0 unspecified atom stereocenters. The number of aryl methyl sites for hydroxylation is 1. The Kier molecular flexibility index (Phi) is 4.63. The number of nitrogens with zero attached hydrogens (tertiary/aromatic N) is 4. The fraction of sp³-hybridized carbons (Fsp3) is 0.250. The number of nitrogen functional groups attached to an aromatic ring is 1. The summed E-state index contributed by atoms with van der Waals surface area (Å²) in [6, 6.07) is 3.60. The molecular formula is C12H15BrN6O2. The number of rotatable bonds is 5. The van der Waals surface area contributed by atoms with Gasteiger partial charge in [0.15, 0.2) is 17.3 Å². The van der Waals surface area contributed by atoms with Crippen molar-refractivity contribution in [2.24, 2.45) is 5.10 Å². The van der Waals surface area contributed by atoms with E-state index in [1.165, 1.54) is 4.68 Å². The van der Waals surface area contributed by atoms with E-state index >= 15 is 0 Å². The molecule has 21 heavy (non-hydrogen) atoms. The van der Waals surface area contributed by atoms with Crippen LogP contribution in [0.15, 0.2) is 21.7 Å². The van der Waals surface area contributed by atoms with Crippen LogP contribution >= 0.6 is 15.9 Å². The fourth-order valence-corrected chi connectivity index (χ4v) is 2.00. The number of hydrazone groups is 1. The van der Waals surface area contributed by atoms with Gasteiger partial charge in [-0.15, -0.1) is 10.2 Å². The lowest BCUT2D eigenvalue weighted by Gasteiger charge is -2.09. The van der Waals surface area contributed by atoms with E-state index in [0.29, 0.717) is 23.3 Å². The van der Waals surface area contributed by atoms with E-state index in [1.807, 2.05) is 0 Å². The van der Waals surface area contributed by atoms with Gasteiger partial charge < -0.3 is 15.3 Å². The summed E-state index contributed by atoms with van der Waals surface area (Å²) < 4.78 is 12.6. The van der Waals surface area contributed by atoms with E-state index in [-0.39, 0.29) is 0 Å². The molecule has 0 amide bonds. The molecule has 2 rings (SSSR count). The van der Waals surface area contributed by atoms with Crippen molar-refractivity contribution in [3.63, 3.8) is 0 Å². The van der Waals surface area contributed by atoms with Gasteiger partial charge >= 0.3 is 0 Å². The quantitative estimate of drug-likeness (QED) is 0.479. The van der Waals surface area contributed by atoms with Gasteiger partial charge in [0.05, 0.1) is 20.4 Å². The predicted molar refractivity (Wildman–Crippen MR) is 83.4 cm³/mol. The molecule has 0 saturated heterocycles. The summed E-state index contributed by atoms with van der Waals surface area (Å²) in [5, 5.41) is 11.7. The van der Waals surface area contributed by atoms with Gasteiger partial charge in [-0.3, -0.25) is 0 Å². The van der Waals surface area contributed by atoms with E-state index in [4.69, 9.17) is 15.3 Å². The van der Waals surface area contributed by atoms with Crippen molar-refractivity contribution < 1.29 is 9.47 Å². The van der Waals surface area contributed by atoms with Crippen molar-refractivity contribution >= 4 is 28.1 Å². The zero-order valence-electron chi connectivity index (χ0n) is 11.8. The number of halogens is 1. The van der Waals surface area contributed by atoms with Crippen LogP contribution in [0.25, 0.3) is 0 Å². The lowest BCUT2D eigenvalue weighted by atomic mass is 10.2.